The minimum absolute atomic E-state index is 0.0490. The molecule has 26 heavy (non-hydrogen) atoms. The van der Waals surface area contributed by atoms with Gasteiger partial charge in [-0.05, 0) is 17.7 Å². The van der Waals surface area contributed by atoms with E-state index in [2.05, 4.69) is 25.3 Å². The predicted octanol–water partition coefficient (Wildman–Crippen LogP) is 2.81. The number of hydrogen-bond acceptors (Lipinski definition) is 7. The van der Waals surface area contributed by atoms with E-state index in [1.165, 1.54) is 30.6 Å². The van der Waals surface area contributed by atoms with E-state index in [1.54, 1.807) is 0 Å². The van der Waals surface area contributed by atoms with Gasteiger partial charge in [-0.1, -0.05) is 0 Å². The van der Waals surface area contributed by atoms with Gasteiger partial charge in [0.25, 0.3) is 5.69 Å². The number of nitro benzene ring substituents is 1. The number of ether oxygens (including phenoxy) is 1. The number of imidazole rings is 1. The van der Waals surface area contributed by atoms with Gasteiger partial charge in [0.05, 0.1) is 4.92 Å². The van der Waals surface area contributed by atoms with E-state index in [0.717, 1.165) is 0 Å². The quantitative estimate of drug-likeness (QED) is 0.507. The van der Waals surface area contributed by atoms with E-state index >= 15 is 0 Å². The van der Waals surface area contributed by atoms with Crippen LogP contribution in [0.1, 0.15) is 5.56 Å². The van der Waals surface area contributed by atoms with Crippen molar-refractivity contribution in [3.63, 3.8) is 0 Å². The zero-order chi connectivity index (χ0) is 18.7. The molecule has 0 radical (unpaired) electrons. The van der Waals surface area contributed by atoms with Gasteiger partial charge in [-0.15, -0.1) is 0 Å². The molecule has 3 rings (SSSR count). The Labute approximate surface area is 143 Å². The fourth-order valence-electron chi connectivity index (χ4n) is 2.05. The van der Waals surface area contributed by atoms with Gasteiger partial charge in [0, 0.05) is 12.1 Å². The van der Waals surface area contributed by atoms with E-state index in [-0.39, 0.29) is 35.3 Å². The summed E-state index contributed by atoms with van der Waals surface area (Å²) in [6.45, 7) is -1.20. The number of anilines is 1. The Balaban J connectivity index is 1.73. The lowest BCUT2D eigenvalue weighted by molar-refractivity contribution is -0.384. The van der Waals surface area contributed by atoms with Crippen molar-refractivity contribution in [2.45, 2.75) is 12.8 Å². The molecule has 0 saturated heterocycles. The summed E-state index contributed by atoms with van der Waals surface area (Å²) in [6.07, 6.45) is -3.22. The molecule has 0 unspecified atom stereocenters. The largest absolute Gasteiger partial charge is 0.471 e. The van der Waals surface area contributed by atoms with Gasteiger partial charge in [0.1, 0.15) is 25.0 Å². The molecule has 0 bridgehead atoms. The Morgan fingerprint density at radius 2 is 1.96 bits per heavy atom. The number of aromatic nitrogens is 4. The molecule has 0 amide bonds. The molecule has 0 aliphatic rings. The van der Waals surface area contributed by atoms with Gasteiger partial charge in [-0.25, -0.2) is 4.98 Å². The normalized spacial score (nSPS) is 11.5. The molecule has 2 N–H and O–H groups in total. The number of halogens is 3. The van der Waals surface area contributed by atoms with Crippen LogP contribution in [-0.4, -0.2) is 37.6 Å². The van der Waals surface area contributed by atoms with Crippen molar-refractivity contribution in [3.05, 3.63) is 46.3 Å². The van der Waals surface area contributed by atoms with Crippen LogP contribution >= 0.6 is 0 Å². The Hall–Kier alpha value is -3.44. The first-order valence-corrected chi connectivity index (χ1v) is 7.19. The lowest BCUT2D eigenvalue weighted by Gasteiger charge is -2.06. The number of aromatic amines is 1. The second-order valence-corrected chi connectivity index (χ2v) is 5.14. The van der Waals surface area contributed by atoms with Crippen LogP contribution in [-0.2, 0) is 6.61 Å². The van der Waals surface area contributed by atoms with E-state index < -0.39 is 17.6 Å². The Kier molecular flexibility index (Phi) is 4.56. The SMILES string of the molecule is O=[N+]([O-])c1ccc(COc2ncnc3nc(NCC(F)(F)F)[nH]c23)cc1. The number of H-pyrrole nitrogens is 1. The number of hydrogen-bond donors (Lipinski definition) is 2. The minimum Gasteiger partial charge on any atom is -0.471 e. The van der Waals surface area contributed by atoms with Gasteiger partial charge < -0.3 is 15.0 Å². The lowest BCUT2D eigenvalue weighted by Crippen LogP contribution is -2.21. The number of rotatable bonds is 6. The Morgan fingerprint density at radius 3 is 2.62 bits per heavy atom. The van der Waals surface area contributed by atoms with Gasteiger partial charge in [0.15, 0.2) is 5.65 Å². The smallest absolute Gasteiger partial charge is 0.405 e. The van der Waals surface area contributed by atoms with Crippen LogP contribution in [0.25, 0.3) is 11.2 Å². The summed E-state index contributed by atoms with van der Waals surface area (Å²) in [5.74, 6) is -0.0149. The molecular formula is C14H11F3N6O3. The zero-order valence-corrected chi connectivity index (χ0v) is 12.9. The fourth-order valence-corrected chi connectivity index (χ4v) is 2.05. The zero-order valence-electron chi connectivity index (χ0n) is 12.9. The molecule has 12 heteroatoms. The second kappa shape index (κ2) is 6.82. The summed E-state index contributed by atoms with van der Waals surface area (Å²) in [4.78, 5) is 24.4. The number of benzene rings is 1. The maximum absolute atomic E-state index is 12.3. The van der Waals surface area contributed by atoms with E-state index in [0.29, 0.717) is 5.56 Å². The van der Waals surface area contributed by atoms with Crippen molar-refractivity contribution in [3.8, 4) is 5.88 Å². The number of alkyl halides is 3. The van der Waals surface area contributed by atoms with Crippen molar-refractivity contribution in [2.24, 2.45) is 0 Å². The molecule has 2 heterocycles. The number of non-ortho nitro benzene ring substituents is 1. The van der Waals surface area contributed by atoms with Gasteiger partial charge in [-0.3, -0.25) is 10.1 Å². The molecule has 0 spiro atoms. The molecule has 0 atom stereocenters. The first-order valence-electron chi connectivity index (χ1n) is 7.19. The standard InChI is InChI=1S/C14H11F3N6O3/c15-14(16,17)6-18-13-21-10-11(22-13)19-7-20-12(10)26-5-8-1-3-9(4-2-8)23(24)25/h1-4,7H,5-6H2,(H2,18,19,20,21,22). The average molecular weight is 368 g/mol. The monoisotopic (exact) mass is 368 g/mol. The third kappa shape index (κ3) is 4.15. The second-order valence-electron chi connectivity index (χ2n) is 5.14. The molecule has 1 aromatic carbocycles. The fraction of sp³-hybridized carbons (Fsp3) is 0.214. The van der Waals surface area contributed by atoms with Crippen molar-refractivity contribution in [2.75, 3.05) is 11.9 Å². The minimum atomic E-state index is -4.39. The molecule has 9 nitrogen and oxygen atoms in total. The summed E-state index contributed by atoms with van der Waals surface area (Å²) in [5, 5.41) is 12.7. The summed E-state index contributed by atoms with van der Waals surface area (Å²) in [6, 6.07) is 5.73. The molecule has 2 aromatic heterocycles. The lowest BCUT2D eigenvalue weighted by atomic mass is 10.2. The first-order chi connectivity index (χ1) is 12.3. The number of nitrogens with zero attached hydrogens (tertiary/aromatic N) is 4. The van der Waals surface area contributed by atoms with Crippen molar-refractivity contribution in [1.29, 1.82) is 0 Å². The van der Waals surface area contributed by atoms with Crippen LogP contribution in [0.5, 0.6) is 5.88 Å². The first kappa shape index (κ1) is 17.4. The highest BCUT2D eigenvalue weighted by atomic mass is 19.4. The third-order valence-electron chi connectivity index (χ3n) is 3.23. The van der Waals surface area contributed by atoms with Gasteiger partial charge in [0.2, 0.25) is 11.8 Å². The van der Waals surface area contributed by atoms with E-state index in [4.69, 9.17) is 4.74 Å². The highest BCUT2D eigenvalue weighted by molar-refractivity contribution is 5.78. The molecular weight excluding hydrogens is 357 g/mol. The van der Waals surface area contributed by atoms with Crippen LogP contribution in [0, 0.1) is 10.1 Å². The van der Waals surface area contributed by atoms with Crippen LogP contribution in [0.4, 0.5) is 24.8 Å². The molecule has 3 aromatic rings. The topological polar surface area (TPSA) is 119 Å². The van der Waals surface area contributed by atoms with Gasteiger partial charge >= 0.3 is 6.18 Å². The molecule has 0 fully saturated rings. The van der Waals surface area contributed by atoms with Crippen LogP contribution in [0.3, 0.4) is 0 Å². The summed E-state index contributed by atoms with van der Waals surface area (Å²) in [5.41, 5.74) is 0.979. The number of nitrogens with one attached hydrogen (secondary N) is 2. The predicted molar refractivity (Wildman–Crippen MR) is 83.7 cm³/mol. The van der Waals surface area contributed by atoms with Crippen molar-refractivity contribution in [1.82, 2.24) is 19.9 Å². The van der Waals surface area contributed by atoms with Gasteiger partial charge in [-0.2, -0.15) is 23.1 Å². The number of fused-ring (bicyclic) bond motifs is 1. The van der Waals surface area contributed by atoms with Crippen molar-refractivity contribution < 1.29 is 22.8 Å². The molecule has 0 aliphatic carbocycles. The Morgan fingerprint density at radius 1 is 1.23 bits per heavy atom. The summed E-state index contributed by atoms with van der Waals surface area (Å²) in [7, 11) is 0. The van der Waals surface area contributed by atoms with E-state index in [1.807, 2.05) is 0 Å². The average Bonchev–Trinajstić information content (AvgIpc) is 3.01. The van der Waals surface area contributed by atoms with Crippen LogP contribution in [0.15, 0.2) is 30.6 Å². The summed E-state index contributed by atoms with van der Waals surface area (Å²) >= 11 is 0. The molecule has 0 saturated carbocycles. The highest BCUT2D eigenvalue weighted by Gasteiger charge is 2.27. The highest BCUT2D eigenvalue weighted by Crippen LogP contribution is 2.23. The van der Waals surface area contributed by atoms with E-state index in [9.17, 15) is 23.3 Å². The van der Waals surface area contributed by atoms with Crippen LogP contribution in [0.2, 0.25) is 0 Å². The van der Waals surface area contributed by atoms with Crippen LogP contribution < -0.4 is 10.1 Å². The Bertz CT molecular complexity index is 926. The molecule has 136 valence electrons. The number of nitro groups is 1. The third-order valence-corrected chi connectivity index (χ3v) is 3.23. The molecule has 0 aliphatic heterocycles. The van der Waals surface area contributed by atoms with Crippen molar-refractivity contribution >= 4 is 22.8 Å². The summed E-state index contributed by atoms with van der Waals surface area (Å²) < 4.78 is 42.3. The maximum atomic E-state index is 12.3. The maximum Gasteiger partial charge on any atom is 0.405 e.